The molecule has 0 saturated carbocycles. The summed E-state index contributed by atoms with van der Waals surface area (Å²) in [5, 5.41) is 0. The molecular weight excluding hydrogens is 422 g/mol. The number of hydrogen-bond donors (Lipinski definition) is 1. The molecule has 0 aliphatic heterocycles. The van der Waals surface area contributed by atoms with Crippen LogP contribution in [-0.4, -0.2) is 30.5 Å². The van der Waals surface area contributed by atoms with Crippen molar-refractivity contribution < 1.29 is 21.6 Å². The lowest BCUT2D eigenvalue weighted by atomic mass is 10.1. The Kier molecular flexibility index (Phi) is 6.60. The molecule has 8 heteroatoms. The zero-order chi connectivity index (χ0) is 21.8. The summed E-state index contributed by atoms with van der Waals surface area (Å²) >= 11 is 0. The molecule has 3 rings (SSSR count). The summed E-state index contributed by atoms with van der Waals surface area (Å²) in [4.78, 5) is -0.00901. The van der Waals surface area contributed by atoms with Gasteiger partial charge in [-0.2, -0.15) is 0 Å². The molecule has 3 aromatic rings. The molecule has 0 aromatic heterocycles. The summed E-state index contributed by atoms with van der Waals surface area (Å²) < 4.78 is 59.3. The molecule has 1 N–H and O–H groups in total. The molecule has 0 fully saturated rings. The van der Waals surface area contributed by atoms with Gasteiger partial charge in [-0.05, 0) is 54.8 Å². The van der Waals surface area contributed by atoms with Crippen LogP contribution in [-0.2, 0) is 26.3 Å². The van der Waals surface area contributed by atoms with Gasteiger partial charge in [0.2, 0.25) is 19.9 Å². The molecule has 6 nitrogen and oxygen atoms in total. The Morgan fingerprint density at radius 2 is 1.50 bits per heavy atom. The number of aryl methyl sites for hydroxylation is 1. The maximum Gasteiger partial charge on any atom is 0.240 e. The molecule has 0 amide bonds. The molecule has 0 aliphatic carbocycles. The lowest BCUT2D eigenvalue weighted by molar-refractivity contribution is 0.409. The minimum absolute atomic E-state index is 0.0560. The highest BCUT2D eigenvalue weighted by Gasteiger charge is 2.23. The van der Waals surface area contributed by atoms with Crippen LogP contribution in [0.25, 0.3) is 0 Å². The van der Waals surface area contributed by atoms with Gasteiger partial charge in [0, 0.05) is 6.54 Å². The monoisotopic (exact) mass is 445 g/mol. The Balaban J connectivity index is 1.85. The van der Waals surface area contributed by atoms with Gasteiger partial charge < -0.3 is 4.74 Å². The van der Waals surface area contributed by atoms with Crippen LogP contribution in [0.15, 0.2) is 87.5 Å². The second-order valence-corrected chi connectivity index (χ2v) is 10.4. The molecular formula is C22H23NO5S2. The first-order chi connectivity index (χ1) is 14.3. The maximum absolute atomic E-state index is 12.9. The van der Waals surface area contributed by atoms with Crippen molar-refractivity contribution in [2.75, 3.05) is 13.7 Å². The summed E-state index contributed by atoms with van der Waals surface area (Å²) in [6.07, 6.45) is 0.435. The third-order valence-electron chi connectivity index (χ3n) is 4.69. The quantitative estimate of drug-likeness (QED) is 0.574. The fourth-order valence-electron chi connectivity index (χ4n) is 3.08. The summed E-state index contributed by atoms with van der Waals surface area (Å²) in [7, 11) is -6.16. The van der Waals surface area contributed by atoms with Crippen LogP contribution in [0.3, 0.4) is 0 Å². The third kappa shape index (κ3) is 4.72. The molecule has 0 radical (unpaired) electrons. The second-order valence-electron chi connectivity index (χ2n) is 6.70. The molecule has 0 spiro atoms. The Hall–Kier alpha value is -2.68. The first-order valence-electron chi connectivity index (χ1n) is 9.28. The van der Waals surface area contributed by atoms with Crippen LogP contribution < -0.4 is 9.46 Å². The van der Waals surface area contributed by atoms with Gasteiger partial charge in [0.15, 0.2) is 0 Å². The number of para-hydroxylation sites is 1. The van der Waals surface area contributed by atoms with Gasteiger partial charge in [0.1, 0.15) is 5.75 Å². The van der Waals surface area contributed by atoms with E-state index in [1.165, 1.54) is 30.3 Å². The number of ether oxygens (including phenoxy) is 1. The normalized spacial score (nSPS) is 11.9. The van der Waals surface area contributed by atoms with Crippen molar-refractivity contribution in [3.05, 3.63) is 83.9 Å². The minimum Gasteiger partial charge on any atom is -0.496 e. The van der Waals surface area contributed by atoms with Crippen LogP contribution >= 0.6 is 0 Å². The van der Waals surface area contributed by atoms with Gasteiger partial charge in [-0.1, -0.05) is 42.5 Å². The van der Waals surface area contributed by atoms with E-state index in [-0.39, 0.29) is 21.2 Å². The smallest absolute Gasteiger partial charge is 0.240 e. The van der Waals surface area contributed by atoms with Crippen LogP contribution in [0.4, 0.5) is 0 Å². The predicted octanol–water partition coefficient (Wildman–Crippen LogP) is 3.36. The highest BCUT2D eigenvalue weighted by atomic mass is 32.2. The van der Waals surface area contributed by atoms with E-state index in [1.807, 2.05) is 24.3 Å². The van der Waals surface area contributed by atoms with E-state index in [4.69, 9.17) is 4.74 Å². The fourth-order valence-corrected chi connectivity index (χ4v) is 5.76. The minimum atomic E-state index is -3.90. The maximum atomic E-state index is 12.9. The standard InChI is InChI=1S/C22H23NO5S2/c1-17-12-13-20(29(24,25)19-9-4-3-5-10-19)16-22(17)30(26,27)23-15-14-18-8-6-7-11-21(18)28-2/h3-13,16,23H,14-15H2,1-2H3. The van der Waals surface area contributed by atoms with Crippen molar-refractivity contribution in [3.63, 3.8) is 0 Å². The van der Waals surface area contributed by atoms with Gasteiger partial charge in [0.25, 0.3) is 0 Å². The number of methoxy groups -OCH3 is 1. The average Bonchev–Trinajstić information content (AvgIpc) is 2.74. The van der Waals surface area contributed by atoms with Crippen molar-refractivity contribution in [2.24, 2.45) is 0 Å². The van der Waals surface area contributed by atoms with E-state index in [9.17, 15) is 16.8 Å². The van der Waals surface area contributed by atoms with E-state index >= 15 is 0 Å². The van der Waals surface area contributed by atoms with Crippen molar-refractivity contribution in [1.82, 2.24) is 4.72 Å². The first kappa shape index (κ1) is 22.0. The van der Waals surface area contributed by atoms with Crippen molar-refractivity contribution in [3.8, 4) is 5.75 Å². The number of sulfonamides is 1. The second kappa shape index (κ2) is 8.99. The molecule has 0 heterocycles. The predicted molar refractivity (Wildman–Crippen MR) is 115 cm³/mol. The zero-order valence-corrected chi connectivity index (χ0v) is 18.3. The van der Waals surface area contributed by atoms with Gasteiger partial charge in [-0.15, -0.1) is 0 Å². The third-order valence-corrected chi connectivity index (χ3v) is 8.06. The van der Waals surface area contributed by atoms with Crippen molar-refractivity contribution >= 4 is 19.9 Å². The largest absolute Gasteiger partial charge is 0.496 e. The Morgan fingerprint density at radius 1 is 0.833 bits per heavy atom. The van der Waals surface area contributed by atoms with Crippen LogP contribution in [0.1, 0.15) is 11.1 Å². The summed E-state index contributed by atoms with van der Waals surface area (Å²) in [5.41, 5.74) is 1.34. The van der Waals surface area contributed by atoms with E-state index in [0.717, 1.165) is 5.56 Å². The van der Waals surface area contributed by atoms with E-state index in [0.29, 0.717) is 17.7 Å². The summed E-state index contributed by atoms with van der Waals surface area (Å²) in [6, 6.07) is 19.4. The molecule has 0 aliphatic rings. The Morgan fingerprint density at radius 3 is 2.20 bits per heavy atom. The first-order valence-corrected chi connectivity index (χ1v) is 12.2. The highest BCUT2D eigenvalue weighted by molar-refractivity contribution is 7.91. The zero-order valence-electron chi connectivity index (χ0n) is 16.7. The van der Waals surface area contributed by atoms with Gasteiger partial charge in [-0.3, -0.25) is 0 Å². The summed E-state index contributed by atoms with van der Waals surface area (Å²) in [6.45, 7) is 1.78. The van der Waals surface area contributed by atoms with Gasteiger partial charge in [-0.25, -0.2) is 21.6 Å². The Labute approximate surface area is 177 Å². The average molecular weight is 446 g/mol. The van der Waals surface area contributed by atoms with E-state index in [2.05, 4.69) is 4.72 Å². The molecule has 30 heavy (non-hydrogen) atoms. The van der Waals surface area contributed by atoms with Crippen LogP contribution in [0, 0.1) is 6.92 Å². The Bertz CT molecular complexity index is 1240. The molecule has 0 bridgehead atoms. The summed E-state index contributed by atoms with van der Waals surface area (Å²) in [5.74, 6) is 0.684. The number of rotatable bonds is 8. The molecule has 0 unspecified atom stereocenters. The number of benzene rings is 3. The topological polar surface area (TPSA) is 89.5 Å². The lowest BCUT2D eigenvalue weighted by Crippen LogP contribution is -2.27. The molecule has 158 valence electrons. The molecule has 0 atom stereocenters. The number of nitrogens with one attached hydrogen (secondary N) is 1. The fraction of sp³-hybridized carbons (Fsp3) is 0.182. The number of hydrogen-bond acceptors (Lipinski definition) is 5. The van der Waals surface area contributed by atoms with Crippen molar-refractivity contribution in [1.29, 1.82) is 0 Å². The molecule has 0 saturated heterocycles. The SMILES string of the molecule is COc1ccccc1CCNS(=O)(=O)c1cc(S(=O)(=O)c2ccccc2)ccc1C. The van der Waals surface area contributed by atoms with E-state index < -0.39 is 19.9 Å². The molecule has 3 aromatic carbocycles. The highest BCUT2D eigenvalue weighted by Crippen LogP contribution is 2.25. The number of sulfone groups is 1. The lowest BCUT2D eigenvalue weighted by Gasteiger charge is -2.13. The van der Waals surface area contributed by atoms with Gasteiger partial charge >= 0.3 is 0 Å². The van der Waals surface area contributed by atoms with Gasteiger partial charge in [0.05, 0.1) is 21.8 Å². The van der Waals surface area contributed by atoms with Crippen LogP contribution in [0.5, 0.6) is 5.75 Å². The van der Waals surface area contributed by atoms with Crippen LogP contribution in [0.2, 0.25) is 0 Å². The van der Waals surface area contributed by atoms with Crippen molar-refractivity contribution in [2.45, 2.75) is 28.0 Å². The van der Waals surface area contributed by atoms with E-state index in [1.54, 1.807) is 32.2 Å².